The Morgan fingerprint density at radius 3 is 1.63 bits per heavy atom. The Labute approximate surface area is 175 Å². The van der Waals surface area contributed by atoms with E-state index in [0.29, 0.717) is 6.07 Å². The van der Waals surface area contributed by atoms with Crippen molar-refractivity contribution in [3.05, 3.63) is 57.1 Å². The lowest BCUT2D eigenvalue weighted by atomic mass is 9.79. The third-order valence-corrected chi connectivity index (χ3v) is 4.88. The smallest absolute Gasteiger partial charge is 0.221 e. The van der Waals surface area contributed by atoms with E-state index in [0.717, 1.165) is 19.1 Å². The summed E-state index contributed by atoms with van der Waals surface area (Å²) in [5.74, 6) is -6.78. The molecule has 0 N–H and O–H groups in total. The van der Waals surface area contributed by atoms with E-state index in [1.54, 1.807) is 0 Å². The van der Waals surface area contributed by atoms with Crippen molar-refractivity contribution in [2.24, 2.45) is 0 Å². The minimum atomic E-state index is -6.82. The minimum Gasteiger partial charge on any atom is -0.221 e. The molecule has 0 bridgehead atoms. The predicted molar refractivity (Wildman–Crippen MR) is 95.9 cm³/mol. The van der Waals surface area contributed by atoms with E-state index in [2.05, 4.69) is 0 Å². The van der Waals surface area contributed by atoms with Crippen LogP contribution in [0.5, 0.6) is 0 Å². The quantitative estimate of drug-likeness (QED) is 0.383. The molecule has 0 spiro atoms. The van der Waals surface area contributed by atoms with Gasteiger partial charge in [0.25, 0.3) is 0 Å². The molecule has 2 aromatic rings. The highest BCUT2D eigenvalue weighted by Crippen LogP contribution is 2.60. The summed E-state index contributed by atoms with van der Waals surface area (Å²) in [5, 5.41) is -0.268. The maximum Gasteiger partial charge on any atom is 0.457 e. The van der Waals surface area contributed by atoms with Crippen molar-refractivity contribution < 1.29 is 39.5 Å². The molecule has 2 rings (SSSR count). The molecule has 0 radical (unpaired) electrons. The van der Waals surface area contributed by atoms with Crippen molar-refractivity contribution in [3.8, 4) is 11.1 Å². The Morgan fingerprint density at radius 2 is 1.23 bits per heavy atom. The van der Waals surface area contributed by atoms with Crippen LogP contribution in [0.1, 0.15) is 23.6 Å². The summed E-state index contributed by atoms with van der Waals surface area (Å²) < 4.78 is 123. The van der Waals surface area contributed by atoms with Crippen molar-refractivity contribution in [3.63, 3.8) is 0 Å². The lowest BCUT2D eigenvalue weighted by Crippen LogP contribution is -2.60. The minimum absolute atomic E-state index is 0.0902. The van der Waals surface area contributed by atoms with Crippen LogP contribution in [0.2, 0.25) is 10.0 Å². The average Bonchev–Trinajstić information content (AvgIpc) is 2.56. The molecule has 30 heavy (non-hydrogen) atoms. The van der Waals surface area contributed by atoms with Crippen molar-refractivity contribution in [2.75, 3.05) is 0 Å². The highest BCUT2D eigenvalue weighted by molar-refractivity contribution is 6.35. The van der Waals surface area contributed by atoms with Crippen molar-refractivity contribution in [1.29, 1.82) is 0 Å². The molecule has 166 valence electrons. The second kappa shape index (κ2) is 7.82. The monoisotopic (exact) mass is 482 g/mol. The van der Waals surface area contributed by atoms with Gasteiger partial charge < -0.3 is 0 Å². The van der Waals surface area contributed by atoms with Gasteiger partial charge in [0.1, 0.15) is 0 Å². The third-order valence-electron chi connectivity index (χ3n) is 4.45. The molecule has 0 aliphatic heterocycles. The Bertz CT molecular complexity index is 928. The van der Waals surface area contributed by atoms with E-state index in [4.69, 9.17) is 23.2 Å². The van der Waals surface area contributed by atoms with Gasteiger partial charge in [0.05, 0.1) is 0 Å². The van der Waals surface area contributed by atoms with Gasteiger partial charge in [-0.25, -0.2) is 4.39 Å². The maximum absolute atomic E-state index is 15.3. The Balaban J connectivity index is 3.09. The zero-order valence-electron chi connectivity index (χ0n) is 15.3. The van der Waals surface area contributed by atoms with E-state index < -0.39 is 35.1 Å². The van der Waals surface area contributed by atoms with E-state index in [9.17, 15) is 35.1 Å². The van der Waals surface area contributed by atoms with Crippen LogP contribution in [0.15, 0.2) is 30.3 Å². The number of hydrogen-bond acceptors (Lipinski definition) is 0. The topological polar surface area (TPSA) is 0 Å². The highest BCUT2D eigenvalue weighted by Gasteiger charge is 2.82. The molecule has 0 saturated carbocycles. The number of hydrogen-bond donors (Lipinski definition) is 0. The van der Waals surface area contributed by atoms with Crippen LogP contribution >= 0.6 is 23.2 Å². The number of alkyl halides is 9. The number of aryl methyl sites for hydroxylation is 2. The molecule has 0 aliphatic rings. The van der Waals surface area contributed by atoms with Gasteiger partial charge in [0.2, 0.25) is 0 Å². The van der Waals surface area contributed by atoms with Crippen LogP contribution in [-0.2, 0) is 12.1 Å². The van der Waals surface area contributed by atoms with Gasteiger partial charge in [-0.2, -0.15) is 35.1 Å². The number of halogens is 11. The second-order valence-electron chi connectivity index (χ2n) is 6.59. The largest absolute Gasteiger partial charge is 0.457 e. The van der Waals surface area contributed by atoms with E-state index in [-0.39, 0.29) is 33.2 Å². The Morgan fingerprint density at radius 1 is 0.733 bits per heavy atom. The SMILES string of the molecule is CCc1cc(C)cc(C(F)(C(F)(F)F)C(F)(F)C(F)(F)F)c1-c1cc(Cl)cc(Cl)c1. The predicted octanol–water partition coefficient (Wildman–Crippen LogP) is 8.46. The Hall–Kier alpha value is -1.61. The first-order valence-electron chi connectivity index (χ1n) is 8.28. The van der Waals surface area contributed by atoms with Crippen molar-refractivity contribution >= 4 is 23.2 Å². The molecule has 0 fully saturated rings. The van der Waals surface area contributed by atoms with Gasteiger partial charge in [-0.1, -0.05) is 47.8 Å². The zero-order chi connectivity index (χ0) is 23.3. The molecule has 0 saturated heterocycles. The fourth-order valence-electron chi connectivity index (χ4n) is 3.15. The number of benzene rings is 2. The van der Waals surface area contributed by atoms with E-state index >= 15 is 4.39 Å². The van der Waals surface area contributed by atoms with Crippen molar-refractivity contribution in [2.45, 2.75) is 44.2 Å². The van der Waals surface area contributed by atoms with Crippen LogP contribution in [0, 0.1) is 6.92 Å². The van der Waals surface area contributed by atoms with Gasteiger partial charge in [-0.3, -0.25) is 0 Å². The van der Waals surface area contributed by atoms with Crippen LogP contribution in [0.25, 0.3) is 11.1 Å². The fourth-order valence-corrected chi connectivity index (χ4v) is 3.67. The summed E-state index contributed by atoms with van der Waals surface area (Å²) in [6, 6.07) is 4.77. The normalized spacial score (nSPS) is 15.2. The second-order valence-corrected chi connectivity index (χ2v) is 7.46. The first kappa shape index (κ1) is 24.7. The van der Waals surface area contributed by atoms with Crippen molar-refractivity contribution in [1.82, 2.24) is 0 Å². The van der Waals surface area contributed by atoms with Gasteiger partial charge in [0.15, 0.2) is 0 Å². The molecular weight excluding hydrogens is 470 g/mol. The van der Waals surface area contributed by atoms with E-state index in [1.807, 2.05) is 0 Å². The van der Waals surface area contributed by atoms with Gasteiger partial charge in [0, 0.05) is 15.6 Å². The third kappa shape index (κ3) is 3.98. The molecule has 0 aliphatic carbocycles. The molecule has 0 heterocycles. The molecule has 11 heteroatoms. The maximum atomic E-state index is 15.3. The highest BCUT2D eigenvalue weighted by atomic mass is 35.5. The van der Waals surface area contributed by atoms with Crippen LogP contribution in [-0.4, -0.2) is 18.3 Å². The molecule has 2 aromatic carbocycles. The summed E-state index contributed by atoms with van der Waals surface area (Å²) in [7, 11) is 0. The van der Waals surface area contributed by atoms with E-state index in [1.165, 1.54) is 19.1 Å². The molecular formula is C19H13Cl2F9. The summed E-state index contributed by atoms with van der Waals surface area (Å²) in [4.78, 5) is 0. The summed E-state index contributed by atoms with van der Waals surface area (Å²) in [6.45, 7) is 2.57. The first-order valence-corrected chi connectivity index (χ1v) is 9.03. The van der Waals surface area contributed by atoms with Gasteiger partial charge in [-0.05, 0) is 48.2 Å². The van der Waals surface area contributed by atoms with Crippen LogP contribution < -0.4 is 0 Å². The van der Waals surface area contributed by atoms with Gasteiger partial charge >= 0.3 is 23.9 Å². The fraction of sp³-hybridized carbons (Fsp3) is 0.368. The number of rotatable bonds is 4. The first-order chi connectivity index (χ1) is 13.5. The molecule has 0 aromatic heterocycles. The van der Waals surface area contributed by atoms with Crippen LogP contribution in [0.3, 0.4) is 0 Å². The molecule has 0 nitrogen and oxygen atoms in total. The molecule has 1 atom stereocenters. The molecule has 1 unspecified atom stereocenters. The lowest BCUT2D eigenvalue weighted by molar-refractivity contribution is -0.389. The zero-order valence-corrected chi connectivity index (χ0v) is 16.8. The van der Waals surface area contributed by atoms with Crippen LogP contribution in [0.4, 0.5) is 39.5 Å². The molecule has 0 amide bonds. The average molecular weight is 483 g/mol. The summed E-state index contributed by atoms with van der Waals surface area (Å²) in [6.07, 6.45) is -13.5. The lowest BCUT2D eigenvalue weighted by Gasteiger charge is -2.38. The summed E-state index contributed by atoms with van der Waals surface area (Å²) in [5.41, 5.74) is -9.28. The van der Waals surface area contributed by atoms with Gasteiger partial charge in [-0.15, -0.1) is 0 Å². The standard InChI is InChI=1S/C19H13Cl2F9/c1-3-10-4-9(2)5-14(15(10)11-6-12(20)8-13(21)7-11)16(22,18(25,26)27)17(23,24)19(28,29)30/h4-8H,3H2,1-2H3. The Kier molecular flexibility index (Phi) is 6.43. The summed E-state index contributed by atoms with van der Waals surface area (Å²) >= 11 is 11.6.